The molecule has 0 radical (unpaired) electrons. The van der Waals surface area contributed by atoms with Gasteiger partial charge in [0.25, 0.3) is 0 Å². The monoisotopic (exact) mass is 281 g/mol. The van der Waals surface area contributed by atoms with Crippen LogP contribution in [0.5, 0.6) is 5.75 Å². The van der Waals surface area contributed by atoms with Crippen LogP contribution in [-0.2, 0) is 6.18 Å². The van der Waals surface area contributed by atoms with Gasteiger partial charge in [0.2, 0.25) is 0 Å². The topological polar surface area (TPSA) is 12.5 Å². The maximum atomic E-state index is 13.0. The third-order valence-electron chi connectivity index (χ3n) is 3.02. The fourth-order valence-corrected chi connectivity index (χ4v) is 1.93. The molecule has 5 heteroatoms. The third kappa shape index (κ3) is 2.87. The molecule has 0 aromatic heterocycles. The van der Waals surface area contributed by atoms with Crippen LogP contribution in [0.1, 0.15) is 5.56 Å². The van der Waals surface area contributed by atoms with E-state index >= 15 is 0 Å². The number of halogens is 3. The van der Waals surface area contributed by atoms with Crippen LogP contribution in [0, 0.1) is 0 Å². The highest BCUT2D eigenvalue weighted by Gasteiger charge is 2.34. The van der Waals surface area contributed by atoms with Crippen molar-refractivity contribution < 1.29 is 17.9 Å². The SMILES string of the molecule is COc1ccc(N(C)c2ccccc2)cc1C(F)(F)F. The summed E-state index contributed by atoms with van der Waals surface area (Å²) < 4.78 is 43.7. The zero-order valence-corrected chi connectivity index (χ0v) is 11.1. The first-order valence-corrected chi connectivity index (χ1v) is 5.97. The van der Waals surface area contributed by atoms with E-state index in [0.717, 1.165) is 11.8 Å². The van der Waals surface area contributed by atoms with Crippen molar-refractivity contribution in [3.05, 3.63) is 54.1 Å². The average molecular weight is 281 g/mol. The zero-order valence-electron chi connectivity index (χ0n) is 11.1. The molecule has 0 amide bonds. The van der Waals surface area contributed by atoms with Gasteiger partial charge in [-0.2, -0.15) is 13.2 Å². The Bertz CT molecular complexity index is 581. The van der Waals surface area contributed by atoms with Crippen molar-refractivity contribution in [2.24, 2.45) is 0 Å². The van der Waals surface area contributed by atoms with Gasteiger partial charge >= 0.3 is 6.18 Å². The summed E-state index contributed by atoms with van der Waals surface area (Å²) in [6, 6.07) is 13.2. The van der Waals surface area contributed by atoms with Crippen LogP contribution >= 0.6 is 0 Å². The number of alkyl halides is 3. The van der Waals surface area contributed by atoms with Crippen LogP contribution < -0.4 is 9.64 Å². The van der Waals surface area contributed by atoms with Gasteiger partial charge in [0.05, 0.1) is 12.7 Å². The quantitative estimate of drug-likeness (QED) is 0.822. The van der Waals surface area contributed by atoms with Gasteiger partial charge in [0.15, 0.2) is 0 Å². The molecule has 0 atom stereocenters. The number of nitrogens with zero attached hydrogens (tertiary/aromatic N) is 1. The summed E-state index contributed by atoms with van der Waals surface area (Å²) in [6.07, 6.45) is -4.45. The first-order valence-electron chi connectivity index (χ1n) is 5.97. The van der Waals surface area contributed by atoms with Crippen molar-refractivity contribution in [1.82, 2.24) is 0 Å². The molecule has 2 rings (SSSR count). The van der Waals surface area contributed by atoms with Crippen LogP contribution in [0.4, 0.5) is 24.5 Å². The molecule has 0 saturated carbocycles. The predicted octanol–water partition coefficient (Wildman–Crippen LogP) is 4.48. The van der Waals surface area contributed by atoms with Gasteiger partial charge in [0, 0.05) is 18.4 Å². The highest BCUT2D eigenvalue weighted by molar-refractivity contribution is 5.64. The highest BCUT2D eigenvalue weighted by atomic mass is 19.4. The zero-order chi connectivity index (χ0) is 14.8. The van der Waals surface area contributed by atoms with E-state index in [2.05, 4.69) is 0 Å². The Morgan fingerprint density at radius 3 is 2.15 bits per heavy atom. The molecule has 0 saturated heterocycles. The van der Waals surface area contributed by atoms with Gasteiger partial charge in [-0.3, -0.25) is 0 Å². The average Bonchev–Trinajstić information content (AvgIpc) is 2.46. The lowest BCUT2D eigenvalue weighted by Gasteiger charge is -2.21. The predicted molar refractivity (Wildman–Crippen MR) is 72.5 cm³/mol. The Morgan fingerprint density at radius 2 is 1.60 bits per heavy atom. The molecule has 0 spiro atoms. The van der Waals surface area contributed by atoms with Crippen molar-refractivity contribution in [3.8, 4) is 5.75 Å². The number of hydrogen-bond donors (Lipinski definition) is 0. The second kappa shape index (κ2) is 5.45. The van der Waals surface area contributed by atoms with E-state index in [1.807, 2.05) is 30.3 Å². The number of rotatable bonds is 3. The number of para-hydroxylation sites is 1. The fourth-order valence-electron chi connectivity index (χ4n) is 1.93. The lowest BCUT2D eigenvalue weighted by atomic mass is 10.1. The van der Waals surface area contributed by atoms with E-state index < -0.39 is 11.7 Å². The summed E-state index contributed by atoms with van der Waals surface area (Å²) in [4.78, 5) is 1.69. The van der Waals surface area contributed by atoms with E-state index in [-0.39, 0.29) is 5.75 Å². The molecule has 2 aromatic carbocycles. The normalized spacial score (nSPS) is 11.2. The highest BCUT2D eigenvalue weighted by Crippen LogP contribution is 2.39. The summed E-state index contributed by atoms with van der Waals surface area (Å²) >= 11 is 0. The van der Waals surface area contributed by atoms with E-state index in [9.17, 15) is 13.2 Å². The molecule has 0 aliphatic heterocycles. The molecule has 2 nitrogen and oxygen atoms in total. The van der Waals surface area contributed by atoms with Gasteiger partial charge in [-0.05, 0) is 30.3 Å². The second-order valence-corrected chi connectivity index (χ2v) is 4.28. The Balaban J connectivity index is 2.44. The second-order valence-electron chi connectivity index (χ2n) is 4.28. The Kier molecular flexibility index (Phi) is 3.88. The number of hydrogen-bond acceptors (Lipinski definition) is 2. The van der Waals surface area contributed by atoms with E-state index in [1.54, 1.807) is 18.0 Å². The number of benzene rings is 2. The van der Waals surface area contributed by atoms with Crippen LogP contribution in [0.25, 0.3) is 0 Å². The summed E-state index contributed by atoms with van der Waals surface area (Å²) in [7, 11) is 2.95. The molecule has 106 valence electrons. The number of anilines is 2. The van der Waals surface area contributed by atoms with Crippen LogP contribution in [0.15, 0.2) is 48.5 Å². The first kappa shape index (κ1) is 14.2. The van der Waals surface area contributed by atoms with Crippen molar-refractivity contribution in [1.29, 1.82) is 0 Å². The fraction of sp³-hybridized carbons (Fsp3) is 0.200. The maximum Gasteiger partial charge on any atom is 0.420 e. The third-order valence-corrected chi connectivity index (χ3v) is 3.02. The summed E-state index contributed by atoms with van der Waals surface area (Å²) in [5, 5.41) is 0. The van der Waals surface area contributed by atoms with E-state index in [4.69, 9.17) is 4.74 Å². The molecule has 0 bridgehead atoms. The molecule has 20 heavy (non-hydrogen) atoms. The summed E-state index contributed by atoms with van der Waals surface area (Å²) in [6.45, 7) is 0. The smallest absolute Gasteiger partial charge is 0.420 e. The van der Waals surface area contributed by atoms with Crippen LogP contribution in [-0.4, -0.2) is 14.2 Å². The van der Waals surface area contributed by atoms with Gasteiger partial charge in [-0.25, -0.2) is 0 Å². The minimum Gasteiger partial charge on any atom is -0.496 e. The number of methoxy groups -OCH3 is 1. The lowest BCUT2D eigenvalue weighted by molar-refractivity contribution is -0.138. The largest absolute Gasteiger partial charge is 0.496 e. The van der Waals surface area contributed by atoms with Gasteiger partial charge in [0.1, 0.15) is 5.75 Å². The molecule has 0 aliphatic rings. The van der Waals surface area contributed by atoms with Gasteiger partial charge < -0.3 is 9.64 Å². The molecule has 0 N–H and O–H groups in total. The Morgan fingerprint density at radius 1 is 0.950 bits per heavy atom. The van der Waals surface area contributed by atoms with Crippen molar-refractivity contribution in [2.75, 3.05) is 19.1 Å². The molecule has 0 heterocycles. The van der Waals surface area contributed by atoms with Crippen molar-refractivity contribution in [3.63, 3.8) is 0 Å². The van der Waals surface area contributed by atoms with Crippen molar-refractivity contribution in [2.45, 2.75) is 6.18 Å². The van der Waals surface area contributed by atoms with Crippen molar-refractivity contribution >= 4 is 11.4 Å². The number of ether oxygens (including phenoxy) is 1. The minimum atomic E-state index is -4.45. The van der Waals surface area contributed by atoms with Crippen LogP contribution in [0.2, 0.25) is 0 Å². The maximum absolute atomic E-state index is 13.0. The Labute approximate surface area is 115 Å². The summed E-state index contributed by atoms with van der Waals surface area (Å²) in [5.41, 5.74) is 0.482. The molecule has 2 aromatic rings. The molecule has 0 unspecified atom stereocenters. The Hall–Kier alpha value is -2.17. The first-order chi connectivity index (χ1) is 9.43. The standard InChI is InChI=1S/C15H14F3NO/c1-19(11-6-4-3-5-7-11)12-8-9-14(20-2)13(10-12)15(16,17)18/h3-10H,1-2H3. The van der Waals surface area contributed by atoms with E-state index in [1.165, 1.54) is 13.2 Å². The molecular formula is C15H14F3NO. The van der Waals surface area contributed by atoms with E-state index in [0.29, 0.717) is 5.69 Å². The lowest BCUT2D eigenvalue weighted by Crippen LogP contribution is -2.13. The van der Waals surface area contributed by atoms with Gasteiger partial charge in [-0.15, -0.1) is 0 Å². The minimum absolute atomic E-state index is 0.178. The van der Waals surface area contributed by atoms with Gasteiger partial charge in [-0.1, -0.05) is 18.2 Å². The summed E-state index contributed by atoms with van der Waals surface area (Å²) in [5.74, 6) is -0.178. The molecular weight excluding hydrogens is 267 g/mol. The van der Waals surface area contributed by atoms with Crippen LogP contribution in [0.3, 0.4) is 0 Å². The molecule has 0 fully saturated rings. The molecule has 0 aliphatic carbocycles.